The molecule has 0 aliphatic carbocycles. The lowest BCUT2D eigenvalue weighted by Crippen LogP contribution is -2.45. The topological polar surface area (TPSA) is 59.4 Å². The molecule has 1 amide bonds. The average molecular weight is 394 g/mol. The van der Waals surface area contributed by atoms with Gasteiger partial charge in [-0.3, -0.25) is 9.36 Å². The summed E-state index contributed by atoms with van der Waals surface area (Å²) < 4.78 is 20.6. The number of nitrogens with zero attached hydrogens (tertiary/aromatic N) is 3. The molecule has 1 aliphatic heterocycles. The molecule has 150 valence electrons. The number of hydrogen-bond donors (Lipinski definition) is 1. The Bertz CT molecular complexity index is 975. The molecule has 0 saturated carbocycles. The predicted octanol–water partition coefficient (Wildman–Crippen LogP) is 3.88. The molecule has 6 nitrogen and oxygen atoms in total. The third-order valence-electron chi connectivity index (χ3n) is 4.89. The fraction of sp³-hybridized carbons (Fsp3) is 0.273. The number of morpholine rings is 1. The summed E-state index contributed by atoms with van der Waals surface area (Å²) in [6, 6.07) is 13.7. The number of halogens is 1. The predicted molar refractivity (Wildman–Crippen MR) is 110 cm³/mol. The number of nitrogens with one attached hydrogen (secondary N) is 1. The normalized spacial score (nSPS) is 19.2. The number of hydrogen-bond acceptors (Lipinski definition) is 4. The highest BCUT2D eigenvalue weighted by molar-refractivity contribution is 6.03. The standard InChI is InChI=1S/C22H23FN4O2/c1-15-12-26(13-16(2)29-15)19-9-5-18(6-10-19)25-22(28)21-11-24-14-27(21)20-7-3-17(23)4-8-20/h3-11,14-16H,12-13H2,1-2H3,(H,25,28). The van der Waals surface area contributed by atoms with Gasteiger partial charge in [-0.1, -0.05) is 0 Å². The molecule has 1 saturated heterocycles. The Balaban J connectivity index is 1.47. The van der Waals surface area contributed by atoms with Crippen molar-refractivity contribution in [3.8, 4) is 5.69 Å². The van der Waals surface area contributed by atoms with E-state index in [1.165, 1.54) is 24.7 Å². The van der Waals surface area contributed by atoms with Crippen LogP contribution in [0.2, 0.25) is 0 Å². The van der Waals surface area contributed by atoms with E-state index in [0.29, 0.717) is 17.1 Å². The number of imidazole rings is 1. The molecule has 0 bridgehead atoms. The monoisotopic (exact) mass is 394 g/mol. The molecule has 3 aromatic rings. The van der Waals surface area contributed by atoms with Gasteiger partial charge in [0.25, 0.3) is 5.91 Å². The van der Waals surface area contributed by atoms with E-state index in [9.17, 15) is 9.18 Å². The molecule has 7 heteroatoms. The van der Waals surface area contributed by atoms with Crippen molar-refractivity contribution in [2.24, 2.45) is 0 Å². The lowest BCUT2D eigenvalue weighted by atomic mass is 10.2. The number of carbonyl (C=O) groups is 1. The number of ether oxygens (including phenoxy) is 1. The highest BCUT2D eigenvalue weighted by Crippen LogP contribution is 2.23. The van der Waals surface area contributed by atoms with Gasteiger partial charge in [0.2, 0.25) is 0 Å². The molecule has 0 spiro atoms. The van der Waals surface area contributed by atoms with Crippen LogP contribution in [-0.4, -0.2) is 40.8 Å². The van der Waals surface area contributed by atoms with E-state index in [1.54, 1.807) is 16.7 Å². The van der Waals surface area contributed by atoms with E-state index in [4.69, 9.17) is 4.74 Å². The van der Waals surface area contributed by atoms with Crippen molar-refractivity contribution in [3.05, 3.63) is 72.6 Å². The van der Waals surface area contributed by atoms with Crippen LogP contribution in [0.4, 0.5) is 15.8 Å². The van der Waals surface area contributed by atoms with Crippen LogP contribution in [0.25, 0.3) is 5.69 Å². The summed E-state index contributed by atoms with van der Waals surface area (Å²) in [6.45, 7) is 5.82. The van der Waals surface area contributed by atoms with Crippen molar-refractivity contribution in [2.75, 3.05) is 23.3 Å². The average Bonchev–Trinajstić information content (AvgIpc) is 3.18. The second kappa shape index (κ2) is 8.05. The van der Waals surface area contributed by atoms with Crippen molar-refractivity contribution in [1.29, 1.82) is 0 Å². The quantitative estimate of drug-likeness (QED) is 0.730. The fourth-order valence-electron chi connectivity index (χ4n) is 3.61. The Labute approximate surface area is 168 Å². The van der Waals surface area contributed by atoms with Crippen molar-refractivity contribution < 1.29 is 13.9 Å². The first-order valence-electron chi connectivity index (χ1n) is 9.59. The lowest BCUT2D eigenvalue weighted by molar-refractivity contribution is -0.00521. The Kier molecular flexibility index (Phi) is 5.31. The largest absolute Gasteiger partial charge is 0.372 e. The number of aromatic nitrogens is 2. The molecule has 1 aliphatic rings. The molecule has 1 N–H and O–H groups in total. The Morgan fingerprint density at radius 2 is 1.66 bits per heavy atom. The van der Waals surface area contributed by atoms with E-state index in [2.05, 4.69) is 29.0 Å². The summed E-state index contributed by atoms with van der Waals surface area (Å²) in [5.41, 5.74) is 2.83. The van der Waals surface area contributed by atoms with Crippen LogP contribution in [0, 0.1) is 5.82 Å². The maximum atomic E-state index is 13.2. The van der Waals surface area contributed by atoms with Gasteiger partial charge in [0.1, 0.15) is 11.5 Å². The van der Waals surface area contributed by atoms with Gasteiger partial charge in [-0.25, -0.2) is 9.37 Å². The number of anilines is 2. The zero-order chi connectivity index (χ0) is 20.4. The van der Waals surface area contributed by atoms with Gasteiger partial charge in [0.05, 0.1) is 24.7 Å². The van der Waals surface area contributed by atoms with Gasteiger partial charge in [0, 0.05) is 30.2 Å². The zero-order valence-electron chi connectivity index (χ0n) is 16.4. The zero-order valence-corrected chi connectivity index (χ0v) is 16.4. The van der Waals surface area contributed by atoms with E-state index >= 15 is 0 Å². The van der Waals surface area contributed by atoms with E-state index in [0.717, 1.165) is 18.8 Å². The summed E-state index contributed by atoms with van der Waals surface area (Å²) in [4.78, 5) is 19.1. The van der Waals surface area contributed by atoms with E-state index in [1.807, 2.05) is 24.3 Å². The summed E-state index contributed by atoms with van der Waals surface area (Å²) in [5.74, 6) is -0.614. The van der Waals surface area contributed by atoms with Crippen LogP contribution in [0.15, 0.2) is 61.1 Å². The minimum Gasteiger partial charge on any atom is -0.372 e. The maximum absolute atomic E-state index is 13.2. The van der Waals surface area contributed by atoms with Crippen molar-refractivity contribution >= 4 is 17.3 Å². The van der Waals surface area contributed by atoms with Gasteiger partial charge in [-0.05, 0) is 62.4 Å². The number of carbonyl (C=O) groups excluding carboxylic acids is 1. The van der Waals surface area contributed by atoms with Crippen molar-refractivity contribution in [1.82, 2.24) is 9.55 Å². The minimum atomic E-state index is -0.330. The molecule has 29 heavy (non-hydrogen) atoms. The van der Waals surface area contributed by atoms with Crippen molar-refractivity contribution in [2.45, 2.75) is 26.1 Å². The number of benzene rings is 2. The van der Waals surface area contributed by atoms with Crippen LogP contribution < -0.4 is 10.2 Å². The molecular weight excluding hydrogens is 371 g/mol. The molecule has 2 aromatic carbocycles. The van der Waals surface area contributed by atoms with Crippen LogP contribution in [-0.2, 0) is 4.74 Å². The molecule has 1 fully saturated rings. The first-order chi connectivity index (χ1) is 14.0. The van der Waals surface area contributed by atoms with E-state index < -0.39 is 0 Å². The SMILES string of the molecule is CC1CN(c2ccc(NC(=O)c3cncn3-c3ccc(F)cc3)cc2)CC(C)O1. The third-order valence-corrected chi connectivity index (χ3v) is 4.89. The summed E-state index contributed by atoms with van der Waals surface area (Å²) in [5, 5.41) is 2.90. The molecule has 1 aromatic heterocycles. The minimum absolute atomic E-state index is 0.185. The Morgan fingerprint density at radius 3 is 2.31 bits per heavy atom. The maximum Gasteiger partial charge on any atom is 0.274 e. The first-order valence-corrected chi connectivity index (χ1v) is 9.59. The van der Waals surface area contributed by atoms with E-state index in [-0.39, 0.29) is 23.9 Å². The fourth-order valence-corrected chi connectivity index (χ4v) is 3.61. The van der Waals surface area contributed by atoms with Gasteiger partial charge >= 0.3 is 0 Å². The smallest absolute Gasteiger partial charge is 0.274 e. The molecular formula is C22H23FN4O2. The molecule has 0 radical (unpaired) electrons. The number of rotatable bonds is 4. The second-order valence-electron chi connectivity index (χ2n) is 7.29. The van der Waals surface area contributed by atoms with Crippen LogP contribution in [0.1, 0.15) is 24.3 Å². The highest BCUT2D eigenvalue weighted by Gasteiger charge is 2.22. The molecule has 2 heterocycles. The molecule has 2 atom stereocenters. The lowest BCUT2D eigenvalue weighted by Gasteiger charge is -2.36. The summed E-state index contributed by atoms with van der Waals surface area (Å²) in [6.07, 6.45) is 3.39. The van der Waals surface area contributed by atoms with Gasteiger partial charge in [0.15, 0.2) is 0 Å². The Hall–Kier alpha value is -3.19. The summed E-state index contributed by atoms with van der Waals surface area (Å²) in [7, 11) is 0. The third kappa shape index (κ3) is 4.30. The summed E-state index contributed by atoms with van der Waals surface area (Å²) >= 11 is 0. The number of amides is 1. The van der Waals surface area contributed by atoms with Gasteiger partial charge in [-0.15, -0.1) is 0 Å². The van der Waals surface area contributed by atoms with Crippen LogP contribution in [0.3, 0.4) is 0 Å². The van der Waals surface area contributed by atoms with Crippen molar-refractivity contribution in [3.63, 3.8) is 0 Å². The van der Waals surface area contributed by atoms with Crippen LogP contribution >= 0.6 is 0 Å². The van der Waals surface area contributed by atoms with Crippen LogP contribution in [0.5, 0.6) is 0 Å². The molecule has 2 unspecified atom stereocenters. The highest BCUT2D eigenvalue weighted by atomic mass is 19.1. The second-order valence-corrected chi connectivity index (χ2v) is 7.29. The first kappa shape index (κ1) is 19.1. The molecule has 4 rings (SSSR count). The van der Waals surface area contributed by atoms with Gasteiger partial charge < -0.3 is 15.0 Å². The Morgan fingerprint density at radius 1 is 1.03 bits per heavy atom. The van der Waals surface area contributed by atoms with Gasteiger partial charge in [-0.2, -0.15) is 0 Å².